The second-order valence-corrected chi connectivity index (χ2v) is 7.22. The molecule has 2 aromatic rings. The van der Waals surface area contributed by atoms with Crippen LogP contribution < -0.4 is 5.32 Å². The van der Waals surface area contributed by atoms with Gasteiger partial charge in [-0.15, -0.1) is 0 Å². The number of aromatic hydroxyl groups is 2. The van der Waals surface area contributed by atoms with Crippen LogP contribution in [0.3, 0.4) is 0 Å². The third kappa shape index (κ3) is 4.95. The molecular weight excluding hydrogens is 330 g/mol. The average molecular weight is 351 g/mol. The van der Waals surface area contributed by atoms with E-state index in [-0.39, 0.29) is 11.5 Å². The van der Waals surface area contributed by atoms with Gasteiger partial charge in [0.05, 0.1) is 0 Å². The molecule has 0 aliphatic carbocycles. The standard InChI is InChI=1S/C17H21NO5S/c1-12(18-11-10-13-2-6-15(19)7-3-13)17(24(21,22)23)14-4-8-16(20)9-5-14/h2-9,12,17-20H,10-11H2,1H3,(H,21,22,23). The first-order valence-electron chi connectivity index (χ1n) is 7.54. The van der Waals surface area contributed by atoms with Crippen molar-refractivity contribution in [3.63, 3.8) is 0 Å². The minimum atomic E-state index is -4.31. The van der Waals surface area contributed by atoms with Crippen molar-refractivity contribution >= 4 is 10.1 Å². The lowest BCUT2D eigenvalue weighted by molar-refractivity contribution is 0.437. The summed E-state index contributed by atoms with van der Waals surface area (Å²) in [6, 6.07) is 12.0. The van der Waals surface area contributed by atoms with E-state index in [4.69, 9.17) is 0 Å². The van der Waals surface area contributed by atoms with Crippen molar-refractivity contribution in [1.29, 1.82) is 0 Å². The molecule has 0 aromatic heterocycles. The highest BCUT2D eigenvalue weighted by Gasteiger charge is 2.30. The summed E-state index contributed by atoms with van der Waals surface area (Å²) >= 11 is 0. The zero-order chi connectivity index (χ0) is 17.7. The monoisotopic (exact) mass is 351 g/mol. The number of hydrogen-bond donors (Lipinski definition) is 4. The van der Waals surface area contributed by atoms with Crippen LogP contribution in [0.5, 0.6) is 11.5 Å². The highest BCUT2D eigenvalue weighted by Crippen LogP contribution is 2.26. The number of phenolic OH excluding ortho intramolecular Hbond substituents is 2. The molecule has 0 saturated heterocycles. The van der Waals surface area contributed by atoms with Gasteiger partial charge in [0, 0.05) is 6.04 Å². The van der Waals surface area contributed by atoms with Gasteiger partial charge in [-0.1, -0.05) is 24.3 Å². The SMILES string of the molecule is CC(NCCc1ccc(O)cc1)C(c1ccc(O)cc1)S(=O)(=O)O. The Kier molecular flexibility index (Phi) is 5.82. The molecule has 0 aliphatic heterocycles. The summed E-state index contributed by atoms with van der Waals surface area (Å²) in [6.45, 7) is 2.19. The summed E-state index contributed by atoms with van der Waals surface area (Å²) < 4.78 is 33.1. The lowest BCUT2D eigenvalue weighted by Gasteiger charge is -2.23. The Hall–Kier alpha value is -2.09. The van der Waals surface area contributed by atoms with Gasteiger partial charge in [0.25, 0.3) is 10.1 Å². The molecule has 0 fully saturated rings. The minimum absolute atomic E-state index is 0.0285. The molecule has 0 heterocycles. The Balaban J connectivity index is 2.04. The van der Waals surface area contributed by atoms with Crippen molar-refractivity contribution in [1.82, 2.24) is 5.32 Å². The fraction of sp³-hybridized carbons (Fsp3) is 0.294. The van der Waals surface area contributed by atoms with Gasteiger partial charge < -0.3 is 15.5 Å². The number of benzene rings is 2. The number of hydrogen-bond acceptors (Lipinski definition) is 5. The predicted molar refractivity (Wildman–Crippen MR) is 91.7 cm³/mol. The van der Waals surface area contributed by atoms with Gasteiger partial charge in [-0.25, -0.2) is 0 Å². The summed E-state index contributed by atoms with van der Waals surface area (Å²) in [5.41, 5.74) is 1.40. The van der Waals surface area contributed by atoms with Crippen LogP contribution >= 0.6 is 0 Å². The molecule has 0 aliphatic rings. The van der Waals surface area contributed by atoms with E-state index in [1.165, 1.54) is 24.3 Å². The van der Waals surface area contributed by atoms with Gasteiger partial charge in [0.15, 0.2) is 0 Å². The molecule has 0 saturated carbocycles. The van der Waals surface area contributed by atoms with E-state index >= 15 is 0 Å². The first-order chi connectivity index (χ1) is 11.3. The fourth-order valence-electron chi connectivity index (χ4n) is 2.60. The summed E-state index contributed by atoms with van der Waals surface area (Å²) in [4.78, 5) is 0. The molecule has 0 bridgehead atoms. The van der Waals surface area contributed by atoms with Crippen LogP contribution in [0.1, 0.15) is 23.3 Å². The molecule has 130 valence electrons. The third-order valence-electron chi connectivity index (χ3n) is 3.81. The largest absolute Gasteiger partial charge is 0.508 e. The highest BCUT2D eigenvalue weighted by molar-refractivity contribution is 7.86. The Labute approximate surface area is 141 Å². The summed E-state index contributed by atoms with van der Waals surface area (Å²) in [7, 11) is -4.31. The van der Waals surface area contributed by atoms with E-state index in [0.717, 1.165) is 5.56 Å². The van der Waals surface area contributed by atoms with Gasteiger partial charge in [-0.2, -0.15) is 8.42 Å². The van der Waals surface area contributed by atoms with Crippen LogP contribution in [0.15, 0.2) is 48.5 Å². The van der Waals surface area contributed by atoms with Gasteiger partial charge in [0.1, 0.15) is 16.7 Å². The molecule has 0 amide bonds. The molecule has 7 heteroatoms. The van der Waals surface area contributed by atoms with E-state index in [0.29, 0.717) is 18.5 Å². The first kappa shape index (κ1) is 18.3. The van der Waals surface area contributed by atoms with Crippen molar-refractivity contribution in [3.05, 3.63) is 59.7 Å². The highest BCUT2D eigenvalue weighted by atomic mass is 32.2. The molecular formula is C17H21NO5S. The van der Waals surface area contributed by atoms with Gasteiger partial charge in [-0.05, 0) is 55.3 Å². The zero-order valence-corrected chi connectivity index (χ0v) is 14.1. The molecule has 6 nitrogen and oxygen atoms in total. The van der Waals surface area contributed by atoms with Gasteiger partial charge >= 0.3 is 0 Å². The molecule has 0 spiro atoms. The number of nitrogens with one attached hydrogen (secondary N) is 1. The van der Waals surface area contributed by atoms with Crippen molar-refractivity contribution in [2.24, 2.45) is 0 Å². The normalized spacial score (nSPS) is 14.2. The van der Waals surface area contributed by atoms with E-state index in [2.05, 4.69) is 5.32 Å². The summed E-state index contributed by atoms with van der Waals surface area (Å²) in [5, 5.41) is 20.5. The Morgan fingerprint density at radius 3 is 1.96 bits per heavy atom. The maximum Gasteiger partial charge on any atom is 0.273 e. The van der Waals surface area contributed by atoms with Crippen LogP contribution in [0.25, 0.3) is 0 Å². The molecule has 2 rings (SSSR count). The van der Waals surface area contributed by atoms with Crippen molar-refractivity contribution < 1.29 is 23.2 Å². The zero-order valence-electron chi connectivity index (χ0n) is 13.3. The van der Waals surface area contributed by atoms with E-state index < -0.39 is 21.4 Å². The van der Waals surface area contributed by atoms with Gasteiger partial charge in [-0.3, -0.25) is 4.55 Å². The van der Waals surface area contributed by atoms with Crippen LogP contribution in [-0.4, -0.2) is 35.8 Å². The topological polar surface area (TPSA) is 107 Å². The molecule has 2 unspecified atom stereocenters. The van der Waals surface area contributed by atoms with Crippen molar-refractivity contribution in [2.75, 3.05) is 6.54 Å². The van der Waals surface area contributed by atoms with Crippen LogP contribution in [0, 0.1) is 0 Å². The molecule has 24 heavy (non-hydrogen) atoms. The lowest BCUT2D eigenvalue weighted by Crippen LogP contribution is -2.37. The van der Waals surface area contributed by atoms with Crippen molar-refractivity contribution in [3.8, 4) is 11.5 Å². The van der Waals surface area contributed by atoms with Crippen LogP contribution in [0.4, 0.5) is 0 Å². The average Bonchev–Trinajstić information content (AvgIpc) is 2.50. The molecule has 0 radical (unpaired) electrons. The van der Waals surface area contributed by atoms with E-state index in [1.54, 1.807) is 31.2 Å². The maximum absolute atomic E-state index is 11.8. The van der Waals surface area contributed by atoms with E-state index in [1.807, 2.05) is 0 Å². The lowest BCUT2D eigenvalue weighted by atomic mass is 10.1. The van der Waals surface area contributed by atoms with Gasteiger partial charge in [0.2, 0.25) is 0 Å². The number of rotatable bonds is 7. The minimum Gasteiger partial charge on any atom is -0.508 e. The fourth-order valence-corrected chi connectivity index (χ4v) is 3.71. The Bertz CT molecular complexity index is 757. The Morgan fingerprint density at radius 1 is 0.958 bits per heavy atom. The quantitative estimate of drug-likeness (QED) is 0.570. The Morgan fingerprint density at radius 2 is 1.46 bits per heavy atom. The van der Waals surface area contributed by atoms with Crippen LogP contribution in [-0.2, 0) is 16.5 Å². The third-order valence-corrected chi connectivity index (χ3v) is 5.14. The first-order valence-corrected chi connectivity index (χ1v) is 9.04. The summed E-state index contributed by atoms with van der Waals surface area (Å²) in [5.74, 6) is 0.222. The van der Waals surface area contributed by atoms with E-state index in [9.17, 15) is 23.2 Å². The second-order valence-electron chi connectivity index (χ2n) is 5.69. The number of phenols is 2. The van der Waals surface area contributed by atoms with Crippen molar-refractivity contribution in [2.45, 2.75) is 24.6 Å². The second kappa shape index (κ2) is 7.65. The molecule has 2 aromatic carbocycles. The molecule has 2 atom stereocenters. The molecule has 4 N–H and O–H groups in total. The summed E-state index contributed by atoms with van der Waals surface area (Å²) in [6.07, 6.45) is 0.651. The smallest absolute Gasteiger partial charge is 0.273 e. The van der Waals surface area contributed by atoms with Crippen LogP contribution in [0.2, 0.25) is 0 Å². The predicted octanol–water partition coefficient (Wildman–Crippen LogP) is 2.25. The maximum atomic E-state index is 11.8.